The van der Waals surface area contributed by atoms with Crippen molar-refractivity contribution in [1.82, 2.24) is 10.6 Å². The van der Waals surface area contributed by atoms with Gasteiger partial charge >= 0.3 is 0 Å². The van der Waals surface area contributed by atoms with Gasteiger partial charge in [-0.2, -0.15) is 0 Å². The van der Waals surface area contributed by atoms with Crippen molar-refractivity contribution in [3.8, 4) is 5.75 Å². The third kappa shape index (κ3) is 7.14. The van der Waals surface area contributed by atoms with Gasteiger partial charge in [0.1, 0.15) is 5.75 Å². The van der Waals surface area contributed by atoms with Crippen LogP contribution < -0.4 is 15.4 Å². The summed E-state index contributed by atoms with van der Waals surface area (Å²) in [5, 5.41) is 6.14. The molecule has 0 spiro atoms. The van der Waals surface area contributed by atoms with E-state index in [-0.39, 0.29) is 5.91 Å². The fraction of sp³-hybridized carbons (Fsp3) is 0.562. The number of ether oxygens (including phenoxy) is 1. The van der Waals surface area contributed by atoms with Gasteiger partial charge in [-0.1, -0.05) is 25.1 Å². The number of hydrogen-bond acceptors (Lipinski definition) is 3. The zero-order valence-corrected chi connectivity index (χ0v) is 12.6. The molecule has 0 bridgehead atoms. The van der Waals surface area contributed by atoms with E-state index in [0.717, 1.165) is 37.2 Å². The highest BCUT2D eigenvalue weighted by molar-refractivity contribution is 5.75. The number of rotatable bonds is 10. The van der Waals surface area contributed by atoms with Gasteiger partial charge in [0.15, 0.2) is 0 Å². The molecule has 0 fully saturated rings. The molecule has 20 heavy (non-hydrogen) atoms. The maximum absolute atomic E-state index is 11.6. The van der Waals surface area contributed by atoms with Crippen LogP contribution >= 0.6 is 0 Å². The topological polar surface area (TPSA) is 50.4 Å². The number of para-hydroxylation sites is 1. The first-order valence-corrected chi connectivity index (χ1v) is 7.40. The standard InChI is InChI=1S/C16H26N2O2/c1-3-10-17-11-12-18-16(19)9-6-13-20-15-8-5-4-7-14(15)2/h4-5,7-8,17H,3,6,9-13H2,1-2H3,(H,18,19). The van der Waals surface area contributed by atoms with Crippen molar-refractivity contribution in [3.05, 3.63) is 29.8 Å². The lowest BCUT2D eigenvalue weighted by atomic mass is 10.2. The van der Waals surface area contributed by atoms with E-state index in [0.29, 0.717) is 19.6 Å². The largest absolute Gasteiger partial charge is 0.493 e. The van der Waals surface area contributed by atoms with Crippen molar-refractivity contribution in [2.75, 3.05) is 26.2 Å². The van der Waals surface area contributed by atoms with Gasteiger partial charge in [-0.25, -0.2) is 0 Å². The van der Waals surface area contributed by atoms with Crippen molar-refractivity contribution < 1.29 is 9.53 Å². The maximum Gasteiger partial charge on any atom is 0.220 e. The van der Waals surface area contributed by atoms with Crippen LogP contribution in [0.2, 0.25) is 0 Å². The molecule has 1 rings (SSSR count). The fourth-order valence-corrected chi connectivity index (χ4v) is 1.81. The fourth-order valence-electron chi connectivity index (χ4n) is 1.81. The molecule has 0 saturated heterocycles. The molecule has 0 radical (unpaired) electrons. The van der Waals surface area contributed by atoms with E-state index >= 15 is 0 Å². The van der Waals surface area contributed by atoms with Crippen molar-refractivity contribution in [1.29, 1.82) is 0 Å². The molecule has 0 aliphatic rings. The number of aryl methyl sites for hydroxylation is 1. The van der Waals surface area contributed by atoms with Gasteiger partial charge < -0.3 is 15.4 Å². The van der Waals surface area contributed by atoms with E-state index in [1.54, 1.807) is 0 Å². The number of benzene rings is 1. The highest BCUT2D eigenvalue weighted by atomic mass is 16.5. The zero-order chi connectivity index (χ0) is 14.6. The van der Waals surface area contributed by atoms with E-state index in [2.05, 4.69) is 17.6 Å². The van der Waals surface area contributed by atoms with Crippen LogP contribution in [0.1, 0.15) is 31.7 Å². The van der Waals surface area contributed by atoms with Gasteiger partial charge in [0, 0.05) is 19.5 Å². The number of carbonyl (C=O) groups excluding carboxylic acids is 1. The first-order valence-electron chi connectivity index (χ1n) is 7.40. The van der Waals surface area contributed by atoms with Crippen LogP contribution in [0, 0.1) is 6.92 Å². The molecule has 1 amide bonds. The van der Waals surface area contributed by atoms with E-state index in [1.165, 1.54) is 0 Å². The van der Waals surface area contributed by atoms with Gasteiger partial charge in [-0.05, 0) is 37.9 Å². The Kier molecular flexibility index (Phi) is 8.47. The normalized spacial score (nSPS) is 10.3. The molecular weight excluding hydrogens is 252 g/mol. The van der Waals surface area contributed by atoms with Crippen LogP contribution in [0.5, 0.6) is 5.75 Å². The summed E-state index contributed by atoms with van der Waals surface area (Å²) in [6.45, 7) is 7.24. The predicted octanol–water partition coefficient (Wildman–Crippen LogP) is 2.27. The molecule has 2 N–H and O–H groups in total. The second-order valence-electron chi connectivity index (χ2n) is 4.82. The second-order valence-corrected chi connectivity index (χ2v) is 4.82. The average Bonchev–Trinajstić information content (AvgIpc) is 2.45. The van der Waals surface area contributed by atoms with Crippen molar-refractivity contribution in [3.63, 3.8) is 0 Å². The lowest BCUT2D eigenvalue weighted by Crippen LogP contribution is -2.32. The molecule has 1 aromatic carbocycles. The Hall–Kier alpha value is -1.55. The summed E-state index contributed by atoms with van der Waals surface area (Å²) < 4.78 is 5.65. The molecule has 1 aromatic rings. The first-order chi connectivity index (χ1) is 9.74. The first kappa shape index (κ1) is 16.5. The monoisotopic (exact) mass is 278 g/mol. The Morgan fingerprint density at radius 1 is 1.20 bits per heavy atom. The van der Waals surface area contributed by atoms with Crippen LogP contribution in [0.4, 0.5) is 0 Å². The molecule has 4 heteroatoms. The summed E-state index contributed by atoms with van der Waals surface area (Å²) in [4.78, 5) is 11.6. The molecule has 0 aromatic heterocycles. The van der Waals surface area contributed by atoms with E-state index in [4.69, 9.17) is 4.74 Å². The number of hydrogen-bond donors (Lipinski definition) is 2. The Bertz CT molecular complexity index is 394. The molecule has 0 aliphatic heterocycles. The van der Waals surface area contributed by atoms with E-state index in [1.807, 2.05) is 31.2 Å². The Morgan fingerprint density at radius 3 is 2.75 bits per heavy atom. The molecule has 0 aliphatic carbocycles. The SMILES string of the molecule is CCCNCCNC(=O)CCCOc1ccccc1C. The number of carbonyl (C=O) groups is 1. The molecule has 0 unspecified atom stereocenters. The highest BCUT2D eigenvalue weighted by Crippen LogP contribution is 2.16. The van der Waals surface area contributed by atoms with Crippen LogP contribution in [0.15, 0.2) is 24.3 Å². The summed E-state index contributed by atoms with van der Waals surface area (Å²) in [6.07, 6.45) is 2.37. The minimum Gasteiger partial charge on any atom is -0.493 e. The zero-order valence-electron chi connectivity index (χ0n) is 12.6. The van der Waals surface area contributed by atoms with Crippen molar-refractivity contribution in [2.24, 2.45) is 0 Å². The highest BCUT2D eigenvalue weighted by Gasteiger charge is 2.01. The van der Waals surface area contributed by atoms with Gasteiger partial charge in [0.2, 0.25) is 5.91 Å². The van der Waals surface area contributed by atoms with Crippen LogP contribution in [-0.2, 0) is 4.79 Å². The number of nitrogens with one attached hydrogen (secondary N) is 2. The molecule has 4 nitrogen and oxygen atoms in total. The lowest BCUT2D eigenvalue weighted by molar-refractivity contribution is -0.121. The lowest BCUT2D eigenvalue weighted by Gasteiger charge is -2.09. The summed E-state index contributed by atoms with van der Waals surface area (Å²) in [7, 11) is 0. The number of amides is 1. The summed E-state index contributed by atoms with van der Waals surface area (Å²) in [5.74, 6) is 0.994. The minimum atomic E-state index is 0.0942. The van der Waals surface area contributed by atoms with Crippen molar-refractivity contribution in [2.45, 2.75) is 33.1 Å². The Labute approximate surface area is 121 Å². The van der Waals surface area contributed by atoms with Gasteiger partial charge in [0.05, 0.1) is 6.61 Å². The third-order valence-corrected chi connectivity index (χ3v) is 2.95. The van der Waals surface area contributed by atoms with Gasteiger partial charge in [-0.15, -0.1) is 0 Å². The van der Waals surface area contributed by atoms with Gasteiger partial charge in [0.25, 0.3) is 0 Å². The molecule has 0 saturated carbocycles. The van der Waals surface area contributed by atoms with Gasteiger partial charge in [-0.3, -0.25) is 4.79 Å². The molecular formula is C16H26N2O2. The van der Waals surface area contributed by atoms with E-state index < -0.39 is 0 Å². The predicted molar refractivity (Wildman–Crippen MR) is 82.1 cm³/mol. The average molecular weight is 278 g/mol. The third-order valence-electron chi connectivity index (χ3n) is 2.95. The summed E-state index contributed by atoms with van der Waals surface area (Å²) in [5.41, 5.74) is 1.12. The maximum atomic E-state index is 11.6. The van der Waals surface area contributed by atoms with Crippen LogP contribution in [0.3, 0.4) is 0 Å². The van der Waals surface area contributed by atoms with Crippen LogP contribution in [-0.4, -0.2) is 32.1 Å². The second kappa shape index (κ2) is 10.3. The molecule has 0 atom stereocenters. The summed E-state index contributed by atoms with van der Waals surface area (Å²) >= 11 is 0. The Morgan fingerprint density at radius 2 is 2.00 bits per heavy atom. The molecule has 112 valence electrons. The quantitative estimate of drug-likeness (QED) is 0.646. The minimum absolute atomic E-state index is 0.0942. The molecule has 0 heterocycles. The summed E-state index contributed by atoms with van der Waals surface area (Å²) in [6, 6.07) is 7.92. The van der Waals surface area contributed by atoms with Crippen molar-refractivity contribution >= 4 is 5.91 Å². The Balaban J connectivity index is 2.03. The van der Waals surface area contributed by atoms with Crippen LogP contribution in [0.25, 0.3) is 0 Å². The smallest absolute Gasteiger partial charge is 0.220 e. The van der Waals surface area contributed by atoms with E-state index in [9.17, 15) is 4.79 Å².